The SMILES string of the molecule is C#CC(=O)C1CCC(N(C(=O)O)C(C)(C)C)CC1. The highest BCUT2D eigenvalue weighted by Gasteiger charge is 2.36. The summed E-state index contributed by atoms with van der Waals surface area (Å²) in [6.07, 6.45) is 7.01. The fourth-order valence-corrected chi connectivity index (χ4v) is 2.70. The Hall–Kier alpha value is -1.50. The third kappa shape index (κ3) is 3.25. The summed E-state index contributed by atoms with van der Waals surface area (Å²) < 4.78 is 0. The maximum atomic E-state index is 11.4. The third-order valence-corrected chi connectivity index (χ3v) is 3.50. The van der Waals surface area contributed by atoms with Gasteiger partial charge >= 0.3 is 6.09 Å². The summed E-state index contributed by atoms with van der Waals surface area (Å²) in [6.45, 7) is 5.67. The number of carbonyl (C=O) groups is 2. The van der Waals surface area contributed by atoms with Crippen molar-refractivity contribution < 1.29 is 14.7 Å². The Labute approximate surface area is 108 Å². The van der Waals surface area contributed by atoms with Gasteiger partial charge in [0.05, 0.1) is 0 Å². The molecule has 100 valence electrons. The lowest BCUT2D eigenvalue weighted by Crippen LogP contribution is -2.52. The van der Waals surface area contributed by atoms with Crippen molar-refractivity contribution in [3.63, 3.8) is 0 Å². The molecule has 0 unspecified atom stereocenters. The highest BCUT2D eigenvalue weighted by atomic mass is 16.4. The number of ketones is 1. The van der Waals surface area contributed by atoms with E-state index in [1.165, 1.54) is 4.90 Å². The van der Waals surface area contributed by atoms with Crippen LogP contribution in [0.4, 0.5) is 4.79 Å². The van der Waals surface area contributed by atoms with Gasteiger partial charge < -0.3 is 10.0 Å². The highest BCUT2D eigenvalue weighted by molar-refractivity contribution is 5.96. The molecule has 1 amide bonds. The van der Waals surface area contributed by atoms with Crippen LogP contribution in [0.5, 0.6) is 0 Å². The molecule has 4 heteroatoms. The minimum atomic E-state index is -0.894. The van der Waals surface area contributed by atoms with Crippen molar-refractivity contribution in [2.45, 2.75) is 58.0 Å². The Kier molecular flexibility index (Phi) is 4.39. The number of carbonyl (C=O) groups excluding carboxylic acids is 1. The van der Waals surface area contributed by atoms with Crippen molar-refractivity contribution in [1.82, 2.24) is 4.90 Å². The van der Waals surface area contributed by atoms with Crippen LogP contribution in [-0.4, -0.2) is 33.5 Å². The first-order valence-corrected chi connectivity index (χ1v) is 6.30. The van der Waals surface area contributed by atoms with Crippen LogP contribution in [0.15, 0.2) is 0 Å². The fourth-order valence-electron chi connectivity index (χ4n) is 2.70. The van der Waals surface area contributed by atoms with E-state index in [0.717, 1.165) is 0 Å². The van der Waals surface area contributed by atoms with Gasteiger partial charge in [0.1, 0.15) is 0 Å². The van der Waals surface area contributed by atoms with Gasteiger partial charge in [0.25, 0.3) is 0 Å². The average molecular weight is 251 g/mol. The number of terminal acetylenes is 1. The Morgan fingerprint density at radius 1 is 1.22 bits per heavy atom. The lowest BCUT2D eigenvalue weighted by atomic mass is 9.82. The quantitative estimate of drug-likeness (QED) is 0.606. The van der Waals surface area contributed by atoms with Crippen LogP contribution >= 0.6 is 0 Å². The van der Waals surface area contributed by atoms with Crippen LogP contribution in [-0.2, 0) is 4.79 Å². The minimum Gasteiger partial charge on any atom is -0.465 e. The lowest BCUT2D eigenvalue weighted by molar-refractivity contribution is -0.118. The zero-order chi connectivity index (χ0) is 13.9. The summed E-state index contributed by atoms with van der Waals surface area (Å²) >= 11 is 0. The van der Waals surface area contributed by atoms with Crippen LogP contribution in [0, 0.1) is 18.3 Å². The number of rotatable bonds is 2. The molecule has 0 spiro atoms. The molecule has 0 aromatic heterocycles. The summed E-state index contributed by atoms with van der Waals surface area (Å²) in [6, 6.07) is -0.00988. The molecular weight excluding hydrogens is 230 g/mol. The van der Waals surface area contributed by atoms with Crippen LogP contribution in [0.2, 0.25) is 0 Å². The first-order valence-electron chi connectivity index (χ1n) is 6.30. The van der Waals surface area contributed by atoms with E-state index in [1.807, 2.05) is 20.8 Å². The number of Topliss-reactive ketones (excluding diaryl/α,β-unsaturated/α-hetero) is 1. The topological polar surface area (TPSA) is 57.6 Å². The molecule has 0 aromatic rings. The summed E-state index contributed by atoms with van der Waals surface area (Å²) in [4.78, 5) is 24.3. The molecule has 1 N–H and O–H groups in total. The van der Waals surface area contributed by atoms with Gasteiger partial charge in [-0.15, -0.1) is 6.42 Å². The largest absolute Gasteiger partial charge is 0.465 e. The second-order valence-corrected chi connectivity index (χ2v) is 5.84. The number of carboxylic acid groups (broad SMARTS) is 1. The van der Waals surface area contributed by atoms with Gasteiger partial charge in [0.15, 0.2) is 0 Å². The summed E-state index contributed by atoms with van der Waals surface area (Å²) in [5, 5.41) is 9.31. The van der Waals surface area contributed by atoms with Crippen LogP contribution < -0.4 is 0 Å². The van der Waals surface area contributed by atoms with Crippen molar-refractivity contribution in [2.24, 2.45) is 5.92 Å². The van der Waals surface area contributed by atoms with Gasteiger partial charge in [-0.2, -0.15) is 0 Å². The molecule has 4 nitrogen and oxygen atoms in total. The molecule has 1 rings (SSSR count). The van der Waals surface area contributed by atoms with Crippen molar-refractivity contribution >= 4 is 11.9 Å². The molecule has 0 radical (unpaired) electrons. The Morgan fingerprint density at radius 3 is 2.06 bits per heavy atom. The van der Waals surface area contributed by atoms with E-state index in [4.69, 9.17) is 6.42 Å². The number of hydrogen-bond donors (Lipinski definition) is 1. The smallest absolute Gasteiger partial charge is 0.407 e. The van der Waals surface area contributed by atoms with Crippen molar-refractivity contribution in [3.05, 3.63) is 0 Å². The predicted octanol–water partition coefficient (Wildman–Crippen LogP) is 2.53. The van der Waals surface area contributed by atoms with Crippen LogP contribution in [0.1, 0.15) is 46.5 Å². The van der Waals surface area contributed by atoms with Crippen molar-refractivity contribution in [3.8, 4) is 12.3 Å². The fraction of sp³-hybridized carbons (Fsp3) is 0.714. The summed E-state index contributed by atoms with van der Waals surface area (Å²) in [7, 11) is 0. The van der Waals surface area contributed by atoms with Gasteiger partial charge in [0, 0.05) is 17.5 Å². The molecule has 0 saturated heterocycles. The van der Waals surface area contributed by atoms with Crippen LogP contribution in [0.3, 0.4) is 0 Å². The molecule has 1 fully saturated rings. The zero-order valence-electron chi connectivity index (χ0n) is 11.3. The average Bonchev–Trinajstić information content (AvgIpc) is 2.26. The van der Waals surface area contributed by atoms with E-state index in [1.54, 1.807) is 0 Å². The molecular formula is C14H21NO3. The van der Waals surface area contributed by atoms with E-state index in [-0.39, 0.29) is 17.7 Å². The summed E-state index contributed by atoms with van der Waals surface area (Å²) in [5.41, 5.74) is -0.417. The second-order valence-electron chi connectivity index (χ2n) is 5.84. The van der Waals surface area contributed by atoms with E-state index in [2.05, 4.69) is 5.92 Å². The van der Waals surface area contributed by atoms with Crippen molar-refractivity contribution in [1.29, 1.82) is 0 Å². The molecule has 1 saturated carbocycles. The molecule has 0 atom stereocenters. The number of amides is 1. The van der Waals surface area contributed by atoms with Gasteiger partial charge in [0.2, 0.25) is 5.78 Å². The maximum absolute atomic E-state index is 11.4. The molecule has 0 heterocycles. The Bertz CT molecular complexity index is 367. The monoisotopic (exact) mass is 251 g/mol. The molecule has 1 aliphatic carbocycles. The van der Waals surface area contributed by atoms with Crippen molar-refractivity contribution in [2.75, 3.05) is 0 Å². The molecule has 18 heavy (non-hydrogen) atoms. The Morgan fingerprint density at radius 2 is 1.72 bits per heavy atom. The number of nitrogens with zero attached hydrogens (tertiary/aromatic N) is 1. The normalized spacial score (nSPS) is 24.1. The molecule has 1 aliphatic rings. The molecule has 0 aromatic carbocycles. The summed E-state index contributed by atoms with van der Waals surface area (Å²) in [5.74, 6) is 1.93. The third-order valence-electron chi connectivity index (χ3n) is 3.50. The first-order chi connectivity index (χ1) is 8.27. The second kappa shape index (κ2) is 5.43. The number of hydrogen-bond acceptors (Lipinski definition) is 2. The molecule has 0 aliphatic heterocycles. The standard InChI is InChI=1S/C14H21NO3/c1-5-12(16)10-6-8-11(9-7-10)15(13(17)18)14(2,3)4/h1,10-11H,6-9H2,2-4H3,(H,17,18). The van der Waals surface area contributed by atoms with Gasteiger partial charge in [-0.25, -0.2) is 4.79 Å². The van der Waals surface area contributed by atoms with Gasteiger partial charge in [-0.1, -0.05) is 0 Å². The Balaban J connectivity index is 2.69. The minimum absolute atomic E-state index is 0.00988. The van der Waals surface area contributed by atoms with E-state index in [9.17, 15) is 14.7 Å². The maximum Gasteiger partial charge on any atom is 0.407 e. The highest BCUT2D eigenvalue weighted by Crippen LogP contribution is 2.31. The van der Waals surface area contributed by atoms with E-state index in [0.29, 0.717) is 25.7 Å². The van der Waals surface area contributed by atoms with E-state index >= 15 is 0 Å². The van der Waals surface area contributed by atoms with Gasteiger partial charge in [-0.3, -0.25) is 4.79 Å². The molecule has 0 bridgehead atoms. The zero-order valence-corrected chi connectivity index (χ0v) is 11.3. The first kappa shape index (κ1) is 14.6. The lowest BCUT2D eigenvalue weighted by Gasteiger charge is -2.42. The predicted molar refractivity (Wildman–Crippen MR) is 69.2 cm³/mol. The van der Waals surface area contributed by atoms with Gasteiger partial charge in [-0.05, 0) is 52.4 Å². The van der Waals surface area contributed by atoms with E-state index < -0.39 is 11.6 Å². The van der Waals surface area contributed by atoms with Crippen LogP contribution in [0.25, 0.3) is 0 Å².